The van der Waals surface area contributed by atoms with E-state index in [0.29, 0.717) is 35.7 Å². The maximum Gasteiger partial charge on any atom is 0.255 e. The molecular weight excluding hydrogens is 408 g/mol. The number of carbonyl (C=O) groups is 4. The lowest BCUT2D eigenvalue weighted by Crippen LogP contribution is -2.29. The van der Waals surface area contributed by atoms with Gasteiger partial charge in [-0.25, -0.2) is 0 Å². The van der Waals surface area contributed by atoms with Crippen LogP contribution < -0.4 is 16.0 Å². The molecule has 1 aliphatic rings. The van der Waals surface area contributed by atoms with Crippen molar-refractivity contribution >= 4 is 40.7 Å². The van der Waals surface area contributed by atoms with E-state index in [2.05, 4.69) is 22.9 Å². The zero-order chi connectivity index (χ0) is 23.1. The first-order chi connectivity index (χ1) is 15.4. The van der Waals surface area contributed by atoms with Crippen molar-refractivity contribution in [1.29, 1.82) is 0 Å². The molecule has 0 aromatic heterocycles. The van der Waals surface area contributed by atoms with Crippen molar-refractivity contribution < 1.29 is 19.2 Å². The fraction of sp³-hybridized carbons (Fsp3) is 0.333. The summed E-state index contributed by atoms with van der Waals surface area (Å²) in [7, 11) is 0. The van der Waals surface area contributed by atoms with E-state index in [1.807, 2.05) is 0 Å². The van der Waals surface area contributed by atoms with Gasteiger partial charge < -0.3 is 20.9 Å². The van der Waals surface area contributed by atoms with Crippen LogP contribution in [0.15, 0.2) is 48.5 Å². The van der Waals surface area contributed by atoms with Gasteiger partial charge in [0.05, 0.1) is 5.92 Å². The third-order valence-electron chi connectivity index (χ3n) is 5.22. The van der Waals surface area contributed by atoms with Crippen LogP contribution in [0.3, 0.4) is 0 Å². The summed E-state index contributed by atoms with van der Waals surface area (Å²) in [4.78, 5) is 50.1. The highest BCUT2D eigenvalue weighted by Crippen LogP contribution is 2.21. The second-order valence-electron chi connectivity index (χ2n) is 7.88. The minimum atomic E-state index is -0.363. The Morgan fingerprint density at radius 3 is 2.31 bits per heavy atom. The Morgan fingerprint density at radius 1 is 0.969 bits per heavy atom. The molecule has 1 heterocycles. The van der Waals surface area contributed by atoms with Crippen LogP contribution in [0.5, 0.6) is 0 Å². The van der Waals surface area contributed by atoms with Crippen LogP contribution in [-0.4, -0.2) is 41.6 Å². The molecule has 1 saturated heterocycles. The van der Waals surface area contributed by atoms with Gasteiger partial charge in [-0.15, -0.1) is 0 Å². The SMILES string of the molecule is CCCCN1C[C@@H](C(=O)Nc2ccc(C(=O)Nc3cccc(NC(C)=O)c3)cc2)CC1=O. The van der Waals surface area contributed by atoms with E-state index in [1.165, 1.54) is 6.92 Å². The summed E-state index contributed by atoms with van der Waals surface area (Å²) >= 11 is 0. The predicted octanol–water partition coefficient (Wildman–Crippen LogP) is 3.48. The van der Waals surface area contributed by atoms with Gasteiger partial charge >= 0.3 is 0 Å². The van der Waals surface area contributed by atoms with Crippen LogP contribution >= 0.6 is 0 Å². The molecule has 0 saturated carbocycles. The molecule has 3 N–H and O–H groups in total. The molecule has 0 bridgehead atoms. The number of nitrogens with one attached hydrogen (secondary N) is 3. The number of likely N-dealkylation sites (tertiary alicyclic amines) is 1. The number of hydrogen-bond donors (Lipinski definition) is 3. The number of amides is 4. The Balaban J connectivity index is 1.56. The zero-order valence-electron chi connectivity index (χ0n) is 18.3. The number of unbranched alkanes of at least 4 members (excludes halogenated alkanes) is 1. The molecule has 168 valence electrons. The second-order valence-corrected chi connectivity index (χ2v) is 7.88. The summed E-state index contributed by atoms with van der Waals surface area (Å²) in [6, 6.07) is 13.4. The number of carbonyl (C=O) groups excluding carboxylic acids is 4. The summed E-state index contributed by atoms with van der Waals surface area (Å²) < 4.78 is 0. The third kappa shape index (κ3) is 6.16. The summed E-state index contributed by atoms with van der Waals surface area (Å²) in [5.41, 5.74) is 2.14. The maximum atomic E-state index is 12.5. The number of rotatable bonds is 8. The van der Waals surface area contributed by atoms with Gasteiger partial charge in [-0.1, -0.05) is 19.4 Å². The Kier molecular flexibility index (Phi) is 7.59. The highest BCUT2D eigenvalue weighted by Gasteiger charge is 2.33. The molecule has 32 heavy (non-hydrogen) atoms. The summed E-state index contributed by atoms with van der Waals surface area (Å²) in [6.45, 7) is 4.62. The van der Waals surface area contributed by atoms with Crippen molar-refractivity contribution in [2.75, 3.05) is 29.0 Å². The van der Waals surface area contributed by atoms with Crippen molar-refractivity contribution in [3.8, 4) is 0 Å². The molecule has 1 aliphatic heterocycles. The smallest absolute Gasteiger partial charge is 0.255 e. The number of anilines is 3. The zero-order valence-corrected chi connectivity index (χ0v) is 18.3. The predicted molar refractivity (Wildman–Crippen MR) is 123 cm³/mol. The maximum absolute atomic E-state index is 12.5. The monoisotopic (exact) mass is 436 g/mol. The molecular formula is C24H28N4O4. The Hall–Kier alpha value is -3.68. The molecule has 0 radical (unpaired) electrons. The molecule has 4 amide bonds. The summed E-state index contributed by atoms with van der Waals surface area (Å²) in [6.07, 6.45) is 2.16. The molecule has 3 rings (SSSR count). The number of benzene rings is 2. The minimum Gasteiger partial charge on any atom is -0.342 e. The summed E-state index contributed by atoms with van der Waals surface area (Å²) in [5, 5.41) is 8.28. The lowest BCUT2D eigenvalue weighted by molar-refractivity contribution is -0.128. The average Bonchev–Trinajstić information content (AvgIpc) is 3.13. The van der Waals surface area contributed by atoms with E-state index < -0.39 is 0 Å². The molecule has 0 aliphatic carbocycles. The van der Waals surface area contributed by atoms with Gasteiger partial charge in [0.1, 0.15) is 0 Å². The van der Waals surface area contributed by atoms with E-state index in [4.69, 9.17) is 0 Å². The molecule has 2 aromatic rings. The van der Waals surface area contributed by atoms with Crippen LogP contribution in [-0.2, 0) is 14.4 Å². The van der Waals surface area contributed by atoms with Crippen molar-refractivity contribution in [3.05, 3.63) is 54.1 Å². The lowest BCUT2D eigenvalue weighted by Gasteiger charge is -2.16. The molecule has 0 unspecified atom stereocenters. The van der Waals surface area contributed by atoms with Crippen LogP contribution in [0, 0.1) is 5.92 Å². The number of nitrogens with zero attached hydrogens (tertiary/aromatic N) is 1. The van der Waals surface area contributed by atoms with E-state index in [9.17, 15) is 19.2 Å². The van der Waals surface area contributed by atoms with E-state index in [1.54, 1.807) is 53.4 Å². The Bertz CT molecular complexity index is 1000. The largest absolute Gasteiger partial charge is 0.342 e. The van der Waals surface area contributed by atoms with Gasteiger partial charge in [0, 0.05) is 49.1 Å². The van der Waals surface area contributed by atoms with Crippen molar-refractivity contribution in [2.24, 2.45) is 5.92 Å². The van der Waals surface area contributed by atoms with Gasteiger partial charge in [-0.2, -0.15) is 0 Å². The molecule has 2 aromatic carbocycles. The first kappa shape index (κ1) is 23.0. The first-order valence-electron chi connectivity index (χ1n) is 10.7. The van der Waals surface area contributed by atoms with Crippen LogP contribution in [0.25, 0.3) is 0 Å². The van der Waals surface area contributed by atoms with Gasteiger partial charge in [-0.3, -0.25) is 19.2 Å². The standard InChI is InChI=1S/C24H28N4O4/c1-3-4-12-28-15-18(13-22(28)30)24(32)26-19-10-8-17(9-11-19)23(31)27-21-7-5-6-20(14-21)25-16(2)29/h5-11,14,18H,3-4,12-13,15H2,1-2H3,(H,25,29)(H,26,32)(H,27,31)/t18-/m0/s1. The topological polar surface area (TPSA) is 108 Å². The minimum absolute atomic E-state index is 0.0215. The van der Waals surface area contributed by atoms with Crippen molar-refractivity contribution in [2.45, 2.75) is 33.1 Å². The molecule has 0 spiro atoms. The number of hydrogen-bond acceptors (Lipinski definition) is 4. The van der Waals surface area contributed by atoms with Gasteiger partial charge in [0.25, 0.3) is 5.91 Å². The Morgan fingerprint density at radius 2 is 1.66 bits per heavy atom. The van der Waals surface area contributed by atoms with Gasteiger partial charge in [0.15, 0.2) is 0 Å². The first-order valence-corrected chi connectivity index (χ1v) is 10.7. The van der Waals surface area contributed by atoms with Gasteiger partial charge in [-0.05, 0) is 48.9 Å². The molecule has 1 atom stereocenters. The fourth-order valence-electron chi connectivity index (χ4n) is 3.54. The second kappa shape index (κ2) is 10.6. The van der Waals surface area contributed by atoms with E-state index >= 15 is 0 Å². The van der Waals surface area contributed by atoms with E-state index in [0.717, 1.165) is 12.8 Å². The highest BCUT2D eigenvalue weighted by molar-refractivity contribution is 6.05. The lowest BCUT2D eigenvalue weighted by atomic mass is 10.1. The molecule has 8 heteroatoms. The quantitative estimate of drug-likeness (QED) is 0.589. The van der Waals surface area contributed by atoms with Crippen LogP contribution in [0.2, 0.25) is 0 Å². The normalized spacial score (nSPS) is 15.4. The average molecular weight is 437 g/mol. The van der Waals surface area contributed by atoms with Crippen molar-refractivity contribution in [1.82, 2.24) is 4.90 Å². The third-order valence-corrected chi connectivity index (χ3v) is 5.22. The molecule has 1 fully saturated rings. The van der Waals surface area contributed by atoms with Crippen LogP contribution in [0.1, 0.15) is 43.5 Å². The summed E-state index contributed by atoms with van der Waals surface area (Å²) in [5.74, 6) is -1.03. The van der Waals surface area contributed by atoms with Crippen LogP contribution in [0.4, 0.5) is 17.1 Å². The Labute approximate surface area is 187 Å². The van der Waals surface area contributed by atoms with Gasteiger partial charge in [0.2, 0.25) is 17.7 Å². The highest BCUT2D eigenvalue weighted by atomic mass is 16.2. The molecule has 8 nitrogen and oxygen atoms in total. The van der Waals surface area contributed by atoms with E-state index in [-0.39, 0.29) is 36.0 Å². The fourth-order valence-corrected chi connectivity index (χ4v) is 3.54. The van der Waals surface area contributed by atoms with Crippen molar-refractivity contribution in [3.63, 3.8) is 0 Å².